The molecule has 0 bridgehead atoms. The molecule has 1 heterocycles. The molecule has 3 rings (SSSR count). The van der Waals surface area contributed by atoms with Crippen molar-refractivity contribution in [2.75, 3.05) is 10.6 Å². The van der Waals surface area contributed by atoms with Crippen molar-refractivity contribution in [3.05, 3.63) is 65.9 Å². The zero-order valence-electron chi connectivity index (χ0n) is 18.5. The summed E-state index contributed by atoms with van der Waals surface area (Å²) in [5, 5.41) is 5.72. The maximum absolute atomic E-state index is 13.5. The zero-order chi connectivity index (χ0) is 23.3. The minimum Gasteiger partial charge on any atom is -0.491 e. The lowest BCUT2D eigenvalue weighted by Gasteiger charge is -2.16. The van der Waals surface area contributed by atoms with Crippen LogP contribution in [0.1, 0.15) is 38.8 Å². The summed E-state index contributed by atoms with van der Waals surface area (Å²) in [6, 6.07) is 14.3. The fourth-order valence-corrected chi connectivity index (χ4v) is 3.10. The molecule has 0 saturated carbocycles. The smallest absolute Gasteiger partial charge is 0.421 e. The number of benzene rings is 2. The summed E-state index contributed by atoms with van der Waals surface area (Å²) in [6.45, 7) is 8.08. The van der Waals surface area contributed by atoms with Crippen molar-refractivity contribution in [1.29, 1.82) is 0 Å². The Hall–Kier alpha value is -3.29. The van der Waals surface area contributed by atoms with E-state index in [1.165, 1.54) is 5.56 Å². The first-order chi connectivity index (χ1) is 15.1. The second-order valence-corrected chi connectivity index (χ2v) is 8.19. The maximum atomic E-state index is 13.5. The third kappa shape index (κ3) is 6.60. The normalized spacial score (nSPS) is 11.7. The molecule has 0 spiro atoms. The molecule has 2 aromatic carbocycles. The molecule has 2 N–H and O–H groups in total. The molecule has 0 radical (unpaired) electrons. The number of rotatable bonds is 8. The Morgan fingerprint density at radius 1 is 0.875 bits per heavy atom. The van der Waals surface area contributed by atoms with Gasteiger partial charge >= 0.3 is 6.18 Å². The Morgan fingerprint density at radius 2 is 1.47 bits per heavy atom. The standard InChI is InChI=1S/C24H27F3N4O/c1-15(2)13-17-5-7-19(8-6-17)30-23-28-14-21(24(25,26)27)22(31-23)29-18-9-11-20(12-10-18)32-16(3)4/h5-12,14-16H,13H2,1-4H3,(H2,28,29,30,31). The minimum atomic E-state index is -4.60. The van der Waals surface area contributed by atoms with E-state index >= 15 is 0 Å². The fourth-order valence-electron chi connectivity index (χ4n) is 3.10. The lowest BCUT2D eigenvalue weighted by Crippen LogP contribution is -2.12. The molecule has 1 aromatic heterocycles. The molecule has 0 aliphatic heterocycles. The van der Waals surface area contributed by atoms with E-state index in [2.05, 4.69) is 34.4 Å². The van der Waals surface area contributed by atoms with E-state index in [4.69, 9.17) is 4.74 Å². The van der Waals surface area contributed by atoms with Crippen molar-refractivity contribution < 1.29 is 17.9 Å². The molecular formula is C24H27F3N4O. The van der Waals surface area contributed by atoms with Crippen LogP contribution in [0.4, 0.5) is 36.3 Å². The Labute approximate surface area is 186 Å². The predicted octanol–water partition coefficient (Wildman–Crippen LogP) is 6.97. The van der Waals surface area contributed by atoms with E-state index in [9.17, 15) is 13.2 Å². The molecule has 0 aliphatic carbocycles. The van der Waals surface area contributed by atoms with Gasteiger partial charge in [-0.1, -0.05) is 26.0 Å². The van der Waals surface area contributed by atoms with Crippen molar-refractivity contribution in [2.24, 2.45) is 5.92 Å². The molecular weight excluding hydrogens is 417 g/mol. The first-order valence-electron chi connectivity index (χ1n) is 10.4. The molecule has 0 saturated heterocycles. The van der Waals surface area contributed by atoms with E-state index in [1.54, 1.807) is 24.3 Å². The van der Waals surface area contributed by atoms with Crippen LogP contribution in [-0.2, 0) is 12.6 Å². The molecule has 0 aliphatic rings. The largest absolute Gasteiger partial charge is 0.491 e. The van der Waals surface area contributed by atoms with Crippen LogP contribution in [0.3, 0.4) is 0 Å². The maximum Gasteiger partial charge on any atom is 0.421 e. The van der Waals surface area contributed by atoms with Crippen LogP contribution >= 0.6 is 0 Å². The summed E-state index contributed by atoms with van der Waals surface area (Å²) < 4.78 is 46.1. The highest BCUT2D eigenvalue weighted by molar-refractivity contribution is 5.63. The summed E-state index contributed by atoms with van der Waals surface area (Å²) in [5.41, 5.74) is 1.39. The summed E-state index contributed by atoms with van der Waals surface area (Å²) >= 11 is 0. The first kappa shape index (κ1) is 23.4. The summed E-state index contributed by atoms with van der Waals surface area (Å²) in [6.07, 6.45) is -2.87. The molecule has 170 valence electrons. The Kier molecular flexibility index (Phi) is 7.22. The van der Waals surface area contributed by atoms with E-state index in [-0.39, 0.29) is 17.9 Å². The van der Waals surface area contributed by atoms with Crippen LogP contribution < -0.4 is 15.4 Å². The highest BCUT2D eigenvalue weighted by Crippen LogP contribution is 2.35. The molecule has 0 unspecified atom stereocenters. The van der Waals surface area contributed by atoms with Gasteiger partial charge in [-0.15, -0.1) is 0 Å². The summed E-state index contributed by atoms with van der Waals surface area (Å²) in [7, 11) is 0. The van der Waals surface area contributed by atoms with Crippen LogP contribution in [0.2, 0.25) is 0 Å². The van der Waals surface area contributed by atoms with Crippen molar-refractivity contribution in [1.82, 2.24) is 9.97 Å². The Balaban J connectivity index is 1.82. The van der Waals surface area contributed by atoms with Gasteiger partial charge in [0, 0.05) is 17.6 Å². The summed E-state index contributed by atoms with van der Waals surface area (Å²) in [4.78, 5) is 7.94. The Bertz CT molecular complexity index is 1020. The average molecular weight is 445 g/mol. The minimum absolute atomic E-state index is 0.000534. The van der Waals surface area contributed by atoms with Gasteiger partial charge in [0.25, 0.3) is 0 Å². The Morgan fingerprint density at radius 3 is 2.03 bits per heavy atom. The van der Waals surface area contributed by atoms with Crippen LogP contribution in [-0.4, -0.2) is 16.1 Å². The lowest BCUT2D eigenvalue weighted by atomic mass is 10.0. The van der Waals surface area contributed by atoms with Gasteiger partial charge < -0.3 is 15.4 Å². The molecule has 0 atom stereocenters. The second-order valence-electron chi connectivity index (χ2n) is 8.19. The van der Waals surface area contributed by atoms with Crippen molar-refractivity contribution in [3.63, 3.8) is 0 Å². The highest BCUT2D eigenvalue weighted by Gasteiger charge is 2.35. The van der Waals surface area contributed by atoms with E-state index in [0.717, 1.165) is 12.6 Å². The monoisotopic (exact) mass is 444 g/mol. The van der Waals surface area contributed by atoms with Crippen LogP contribution in [0.15, 0.2) is 54.7 Å². The van der Waals surface area contributed by atoms with Gasteiger partial charge in [0.1, 0.15) is 17.1 Å². The van der Waals surface area contributed by atoms with E-state index in [1.807, 2.05) is 38.1 Å². The molecule has 32 heavy (non-hydrogen) atoms. The number of anilines is 4. The van der Waals surface area contributed by atoms with Gasteiger partial charge in [0.15, 0.2) is 0 Å². The van der Waals surface area contributed by atoms with E-state index < -0.39 is 11.7 Å². The lowest BCUT2D eigenvalue weighted by molar-refractivity contribution is -0.137. The number of halogens is 3. The highest BCUT2D eigenvalue weighted by atomic mass is 19.4. The van der Waals surface area contributed by atoms with Crippen molar-refractivity contribution in [3.8, 4) is 5.75 Å². The molecule has 5 nitrogen and oxygen atoms in total. The fraction of sp³-hybridized carbons (Fsp3) is 0.333. The third-order valence-corrected chi connectivity index (χ3v) is 4.44. The molecule has 3 aromatic rings. The second kappa shape index (κ2) is 9.89. The zero-order valence-corrected chi connectivity index (χ0v) is 18.5. The quantitative estimate of drug-likeness (QED) is 0.393. The van der Waals surface area contributed by atoms with Gasteiger partial charge in [0.05, 0.1) is 6.10 Å². The SMILES string of the molecule is CC(C)Cc1ccc(Nc2ncc(C(F)(F)F)c(Nc3ccc(OC(C)C)cc3)n2)cc1. The summed E-state index contributed by atoms with van der Waals surface area (Å²) in [5.74, 6) is 0.903. The number of hydrogen-bond donors (Lipinski definition) is 2. The van der Waals surface area contributed by atoms with Crippen molar-refractivity contribution >= 4 is 23.1 Å². The van der Waals surface area contributed by atoms with Crippen molar-refractivity contribution in [2.45, 2.75) is 46.4 Å². The van der Waals surface area contributed by atoms with Gasteiger partial charge in [-0.05, 0) is 68.1 Å². The molecule has 0 fully saturated rings. The van der Waals surface area contributed by atoms with Crippen LogP contribution in [0.5, 0.6) is 5.75 Å². The first-order valence-corrected chi connectivity index (χ1v) is 10.4. The third-order valence-electron chi connectivity index (χ3n) is 4.44. The van der Waals surface area contributed by atoms with Gasteiger partial charge in [0.2, 0.25) is 5.95 Å². The number of alkyl halides is 3. The predicted molar refractivity (Wildman–Crippen MR) is 121 cm³/mol. The number of aromatic nitrogens is 2. The van der Waals surface area contributed by atoms with Crippen LogP contribution in [0.25, 0.3) is 0 Å². The van der Waals surface area contributed by atoms with Gasteiger partial charge in [-0.25, -0.2) is 4.98 Å². The number of nitrogens with one attached hydrogen (secondary N) is 2. The van der Waals surface area contributed by atoms with Gasteiger partial charge in [-0.2, -0.15) is 18.2 Å². The number of nitrogens with zero attached hydrogens (tertiary/aromatic N) is 2. The van der Waals surface area contributed by atoms with Gasteiger partial charge in [-0.3, -0.25) is 0 Å². The average Bonchev–Trinajstić information content (AvgIpc) is 2.69. The molecule has 8 heteroatoms. The molecule has 0 amide bonds. The van der Waals surface area contributed by atoms with Crippen LogP contribution in [0, 0.1) is 5.92 Å². The number of hydrogen-bond acceptors (Lipinski definition) is 5. The van der Waals surface area contributed by atoms with E-state index in [0.29, 0.717) is 23.0 Å². The number of ether oxygens (including phenoxy) is 1. The topological polar surface area (TPSA) is 59.1 Å².